The van der Waals surface area contributed by atoms with Gasteiger partial charge in [0.05, 0.1) is 11.8 Å². The van der Waals surface area contributed by atoms with Crippen LogP contribution in [0.1, 0.15) is 49.2 Å². The molecule has 0 aliphatic carbocycles. The molecule has 1 aromatic carbocycles. The molecule has 178 valence electrons. The van der Waals surface area contributed by atoms with Gasteiger partial charge in [0.25, 0.3) is 5.91 Å². The van der Waals surface area contributed by atoms with Crippen LogP contribution in [0, 0.1) is 12.7 Å². The van der Waals surface area contributed by atoms with Crippen LogP contribution in [0.3, 0.4) is 0 Å². The maximum absolute atomic E-state index is 13.4. The highest BCUT2D eigenvalue weighted by Gasteiger charge is 2.31. The molecule has 0 unspecified atom stereocenters. The maximum atomic E-state index is 13.4. The van der Waals surface area contributed by atoms with Crippen molar-refractivity contribution in [3.05, 3.63) is 58.1 Å². The lowest BCUT2D eigenvalue weighted by atomic mass is 10.0. The minimum atomic E-state index is -0.578. The Balaban J connectivity index is 1.69. The Bertz CT molecular complexity index is 1040. The van der Waals surface area contributed by atoms with Gasteiger partial charge in [-0.3, -0.25) is 14.7 Å². The predicted octanol–water partition coefficient (Wildman–Crippen LogP) is 4.88. The Hall–Kier alpha value is -2.71. The van der Waals surface area contributed by atoms with E-state index in [9.17, 15) is 14.0 Å². The summed E-state index contributed by atoms with van der Waals surface area (Å²) in [6, 6.07) is 4.68. The number of halogens is 2. The van der Waals surface area contributed by atoms with Gasteiger partial charge in [-0.1, -0.05) is 11.6 Å². The largest absolute Gasteiger partial charge is 0.444 e. The van der Waals surface area contributed by atoms with Gasteiger partial charge in [0.1, 0.15) is 11.4 Å². The molecule has 0 saturated carbocycles. The van der Waals surface area contributed by atoms with Crippen molar-refractivity contribution >= 4 is 29.3 Å². The topological polar surface area (TPSA) is 74.8 Å². The molecule has 1 N–H and O–H groups in total. The van der Waals surface area contributed by atoms with Crippen LogP contribution in [-0.4, -0.2) is 58.1 Å². The molecule has 0 bridgehead atoms. The van der Waals surface area contributed by atoms with E-state index in [1.54, 1.807) is 11.0 Å². The van der Waals surface area contributed by atoms with Gasteiger partial charge in [-0.05, 0) is 63.9 Å². The zero-order chi connectivity index (χ0) is 24.3. The van der Waals surface area contributed by atoms with Crippen LogP contribution in [0.5, 0.6) is 0 Å². The molecule has 3 rings (SSSR count). The normalized spacial score (nSPS) is 17.1. The summed E-state index contributed by atoms with van der Waals surface area (Å²) in [6.45, 7) is 12.0. The van der Waals surface area contributed by atoms with E-state index in [0.29, 0.717) is 36.9 Å². The zero-order valence-electron chi connectivity index (χ0n) is 19.6. The van der Waals surface area contributed by atoms with Gasteiger partial charge in [0, 0.05) is 49.1 Å². The van der Waals surface area contributed by atoms with Crippen molar-refractivity contribution in [1.82, 2.24) is 14.8 Å². The highest BCUT2D eigenvalue weighted by Crippen LogP contribution is 2.27. The summed E-state index contributed by atoms with van der Waals surface area (Å²) in [4.78, 5) is 32.7. The molecule has 2 amide bonds. The van der Waals surface area contributed by atoms with Gasteiger partial charge in [-0.15, -0.1) is 0 Å². The number of ether oxygens (including phenoxy) is 1. The fourth-order valence-corrected chi connectivity index (χ4v) is 4.01. The van der Waals surface area contributed by atoms with Gasteiger partial charge in [0.15, 0.2) is 0 Å². The van der Waals surface area contributed by atoms with Crippen molar-refractivity contribution < 1.29 is 18.7 Å². The summed E-state index contributed by atoms with van der Waals surface area (Å²) < 4.78 is 18.9. The predicted molar refractivity (Wildman–Crippen MR) is 126 cm³/mol. The molecule has 1 aromatic heterocycles. The molecule has 0 radical (unpaired) electrons. The molecular formula is C24H30ClFN4O3. The number of nitrogens with one attached hydrogen (secondary N) is 1. The third kappa shape index (κ3) is 6.65. The highest BCUT2D eigenvalue weighted by atomic mass is 35.5. The number of carbonyl (C=O) groups excluding carboxylic acids is 2. The second-order valence-electron chi connectivity index (χ2n) is 9.34. The summed E-state index contributed by atoms with van der Waals surface area (Å²) in [5.41, 5.74) is 2.00. The molecule has 0 spiro atoms. The summed E-state index contributed by atoms with van der Waals surface area (Å²) in [6.07, 6.45) is 2.05. The maximum Gasteiger partial charge on any atom is 0.410 e. The van der Waals surface area contributed by atoms with Crippen LogP contribution in [0.2, 0.25) is 5.02 Å². The van der Waals surface area contributed by atoms with Crippen LogP contribution in [0.4, 0.5) is 14.9 Å². The number of aromatic nitrogens is 1. The average Bonchev–Trinajstić information content (AvgIpc) is 2.70. The Morgan fingerprint density at radius 2 is 1.97 bits per heavy atom. The minimum absolute atomic E-state index is 0.00672. The molecule has 9 heteroatoms. The van der Waals surface area contributed by atoms with Crippen molar-refractivity contribution in [2.75, 3.05) is 25.0 Å². The Kier molecular flexibility index (Phi) is 7.59. The van der Waals surface area contributed by atoms with Crippen molar-refractivity contribution in [2.24, 2.45) is 0 Å². The Morgan fingerprint density at radius 3 is 2.61 bits per heavy atom. The van der Waals surface area contributed by atoms with Crippen LogP contribution in [-0.2, 0) is 11.3 Å². The molecule has 1 fully saturated rings. The van der Waals surface area contributed by atoms with E-state index in [1.807, 2.05) is 40.7 Å². The molecule has 2 heterocycles. The number of carbonyl (C=O) groups is 2. The number of hydrogen-bond donors (Lipinski definition) is 1. The van der Waals surface area contributed by atoms with Crippen LogP contribution in [0.15, 0.2) is 30.6 Å². The number of benzene rings is 1. The fraction of sp³-hybridized carbons (Fsp3) is 0.458. The fourth-order valence-electron chi connectivity index (χ4n) is 3.77. The summed E-state index contributed by atoms with van der Waals surface area (Å²) in [7, 11) is 0. The molecule has 1 atom stereocenters. The standard InChI is InChI=1S/C24H30ClFN4O3/c1-15-13-29(6-7-30(15)23(32)33-24(3,4)5)14-18-8-19(25)10-21(16(18)2)28-22(31)17-9-20(26)12-27-11-17/h8-12,15H,6-7,13-14H2,1-5H3,(H,28,31)/t15-/m0/s1. The van der Waals surface area contributed by atoms with Crippen LogP contribution < -0.4 is 5.32 Å². The van der Waals surface area contributed by atoms with E-state index in [4.69, 9.17) is 16.3 Å². The second kappa shape index (κ2) is 10.1. The number of hydrogen-bond acceptors (Lipinski definition) is 5. The average molecular weight is 477 g/mol. The van der Waals surface area contributed by atoms with Gasteiger partial charge in [-0.25, -0.2) is 9.18 Å². The Labute approximate surface area is 198 Å². The third-order valence-electron chi connectivity index (χ3n) is 5.43. The Morgan fingerprint density at radius 1 is 1.24 bits per heavy atom. The van der Waals surface area contributed by atoms with Gasteiger partial charge in [0.2, 0.25) is 0 Å². The monoisotopic (exact) mass is 476 g/mol. The van der Waals surface area contributed by atoms with E-state index >= 15 is 0 Å². The molecule has 33 heavy (non-hydrogen) atoms. The van der Waals surface area contributed by atoms with Gasteiger partial charge < -0.3 is 15.0 Å². The molecule has 7 nitrogen and oxygen atoms in total. The van der Waals surface area contributed by atoms with E-state index in [2.05, 4.69) is 15.2 Å². The number of nitrogens with zero attached hydrogens (tertiary/aromatic N) is 3. The quantitative estimate of drug-likeness (QED) is 0.681. The van der Waals surface area contributed by atoms with Crippen LogP contribution in [0.25, 0.3) is 0 Å². The van der Waals surface area contributed by atoms with E-state index in [0.717, 1.165) is 23.4 Å². The number of rotatable bonds is 4. The van der Waals surface area contributed by atoms with Crippen LogP contribution >= 0.6 is 11.6 Å². The number of amides is 2. The summed E-state index contributed by atoms with van der Waals surface area (Å²) in [5, 5.41) is 3.30. The van der Waals surface area contributed by atoms with E-state index in [-0.39, 0.29) is 17.7 Å². The number of pyridine rings is 1. The third-order valence-corrected chi connectivity index (χ3v) is 5.65. The first kappa shape index (κ1) is 24.9. The van der Waals surface area contributed by atoms with Gasteiger partial charge in [-0.2, -0.15) is 0 Å². The van der Waals surface area contributed by atoms with Crippen molar-refractivity contribution in [2.45, 2.75) is 52.8 Å². The van der Waals surface area contributed by atoms with Crippen molar-refractivity contribution in [1.29, 1.82) is 0 Å². The molecule has 1 aliphatic heterocycles. The second-order valence-corrected chi connectivity index (χ2v) is 9.78. The van der Waals surface area contributed by atoms with Crippen molar-refractivity contribution in [3.8, 4) is 0 Å². The van der Waals surface area contributed by atoms with E-state index in [1.165, 1.54) is 6.20 Å². The lowest BCUT2D eigenvalue weighted by Gasteiger charge is -2.40. The summed E-state index contributed by atoms with van der Waals surface area (Å²) in [5.74, 6) is -1.04. The molecule has 1 aliphatic rings. The zero-order valence-corrected chi connectivity index (χ0v) is 20.4. The smallest absolute Gasteiger partial charge is 0.410 e. The minimum Gasteiger partial charge on any atom is -0.444 e. The SMILES string of the molecule is Cc1c(CN2CCN(C(=O)OC(C)(C)C)[C@@H](C)C2)cc(Cl)cc1NC(=O)c1cncc(F)c1. The van der Waals surface area contributed by atoms with Gasteiger partial charge >= 0.3 is 6.09 Å². The lowest BCUT2D eigenvalue weighted by molar-refractivity contribution is 0.000535. The molecule has 2 aromatic rings. The first-order valence-corrected chi connectivity index (χ1v) is 11.2. The first-order chi connectivity index (χ1) is 15.4. The number of piperazine rings is 1. The number of anilines is 1. The molecular weight excluding hydrogens is 447 g/mol. The summed E-state index contributed by atoms with van der Waals surface area (Å²) >= 11 is 6.34. The first-order valence-electron chi connectivity index (χ1n) is 10.9. The van der Waals surface area contributed by atoms with Crippen molar-refractivity contribution in [3.63, 3.8) is 0 Å². The molecule has 1 saturated heterocycles. The van der Waals surface area contributed by atoms with E-state index < -0.39 is 17.3 Å². The lowest BCUT2D eigenvalue weighted by Crippen LogP contribution is -2.54. The highest BCUT2D eigenvalue weighted by molar-refractivity contribution is 6.31.